The van der Waals surface area contributed by atoms with Gasteiger partial charge in [0.25, 0.3) is 0 Å². The molecule has 0 spiro atoms. The predicted octanol–water partition coefficient (Wildman–Crippen LogP) is 4.17. The largest absolute Gasteiger partial charge is 0.478 e. The van der Waals surface area contributed by atoms with E-state index >= 15 is 0 Å². The quantitative estimate of drug-likeness (QED) is 0.835. The van der Waals surface area contributed by atoms with Crippen molar-refractivity contribution in [3.63, 3.8) is 0 Å². The first-order chi connectivity index (χ1) is 10.1. The van der Waals surface area contributed by atoms with Crippen LogP contribution in [0.5, 0.6) is 0 Å². The van der Waals surface area contributed by atoms with Crippen molar-refractivity contribution in [1.29, 1.82) is 0 Å². The summed E-state index contributed by atoms with van der Waals surface area (Å²) in [6, 6.07) is 11.3. The van der Waals surface area contributed by atoms with Crippen LogP contribution in [0.15, 0.2) is 36.4 Å². The highest BCUT2D eigenvalue weighted by Crippen LogP contribution is 2.18. The Labute approximate surface area is 124 Å². The Morgan fingerprint density at radius 3 is 2.57 bits per heavy atom. The van der Waals surface area contributed by atoms with Gasteiger partial charge in [0.2, 0.25) is 0 Å². The zero-order valence-electron chi connectivity index (χ0n) is 12.4. The molecule has 0 atom stereocenters. The maximum absolute atomic E-state index is 11.0. The third kappa shape index (κ3) is 4.31. The number of benzene rings is 1. The van der Waals surface area contributed by atoms with Gasteiger partial charge in [0, 0.05) is 11.4 Å². The average Bonchev–Trinajstić information content (AvgIpc) is 2.46. The third-order valence-corrected chi connectivity index (χ3v) is 3.25. The molecule has 0 bridgehead atoms. The fourth-order valence-corrected chi connectivity index (χ4v) is 2.14. The van der Waals surface area contributed by atoms with Crippen molar-refractivity contribution in [2.75, 3.05) is 5.32 Å². The summed E-state index contributed by atoms with van der Waals surface area (Å²) in [5, 5.41) is 12.2. The Morgan fingerprint density at radius 2 is 1.95 bits per heavy atom. The smallest absolute Gasteiger partial charge is 0.335 e. The Bertz CT molecular complexity index is 621. The van der Waals surface area contributed by atoms with Gasteiger partial charge in [-0.25, -0.2) is 9.78 Å². The fourth-order valence-electron chi connectivity index (χ4n) is 2.14. The molecule has 0 aliphatic carbocycles. The van der Waals surface area contributed by atoms with Gasteiger partial charge in [0.05, 0.1) is 5.56 Å². The number of carboxylic acids is 1. The maximum Gasteiger partial charge on any atom is 0.335 e. The standard InChI is InChI=1S/C17H20N2O2/c1-3-4-5-13-6-8-15(9-7-13)19-16-11-14(17(20)21)10-12(2)18-16/h6-11H,3-5H2,1-2H3,(H,18,19)(H,20,21). The van der Waals surface area contributed by atoms with Crippen LogP contribution in [0.2, 0.25) is 0 Å². The number of aromatic carboxylic acids is 1. The van der Waals surface area contributed by atoms with E-state index in [1.807, 2.05) is 12.1 Å². The maximum atomic E-state index is 11.0. The predicted molar refractivity (Wildman–Crippen MR) is 84.3 cm³/mol. The van der Waals surface area contributed by atoms with Crippen LogP contribution < -0.4 is 5.32 Å². The van der Waals surface area contributed by atoms with Crippen molar-refractivity contribution in [2.45, 2.75) is 33.1 Å². The topological polar surface area (TPSA) is 62.2 Å². The zero-order chi connectivity index (χ0) is 15.2. The summed E-state index contributed by atoms with van der Waals surface area (Å²) < 4.78 is 0. The minimum Gasteiger partial charge on any atom is -0.478 e. The number of carbonyl (C=O) groups is 1. The van der Waals surface area contributed by atoms with Crippen LogP contribution in [-0.4, -0.2) is 16.1 Å². The minimum atomic E-state index is -0.946. The molecule has 0 radical (unpaired) electrons. The number of hydrogen-bond donors (Lipinski definition) is 2. The Kier molecular flexibility index (Phi) is 4.93. The van der Waals surface area contributed by atoms with Gasteiger partial charge in [0.15, 0.2) is 0 Å². The highest BCUT2D eigenvalue weighted by atomic mass is 16.4. The van der Waals surface area contributed by atoms with E-state index in [-0.39, 0.29) is 5.56 Å². The summed E-state index contributed by atoms with van der Waals surface area (Å²) in [4.78, 5) is 15.4. The molecule has 2 N–H and O–H groups in total. The number of unbranched alkanes of at least 4 members (excludes halogenated alkanes) is 1. The number of nitrogens with zero attached hydrogens (tertiary/aromatic N) is 1. The lowest BCUT2D eigenvalue weighted by atomic mass is 10.1. The molecule has 0 fully saturated rings. The van der Waals surface area contributed by atoms with Crippen molar-refractivity contribution in [3.8, 4) is 0 Å². The minimum absolute atomic E-state index is 0.240. The number of hydrogen-bond acceptors (Lipinski definition) is 3. The third-order valence-electron chi connectivity index (χ3n) is 3.25. The van der Waals surface area contributed by atoms with Gasteiger partial charge in [0.1, 0.15) is 5.82 Å². The van der Waals surface area contributed by atoms with E-state index in [9.17, 15) is 4.79 Å². The Hall–Kier alpha value is -2.36. The van der Waals surface area contributed by atoms with Gasteiger partial charge in [-0.3, -0.25) is 0 Å². The summed E-state index contributed by atoms with van der Waals surface area (Å²) in [5.41, 5.74) is 3.14. The van der Waals surface area contributed by atoms with Gasteiger partial charge in [-0.2, -0.15) is 0 Å². The second kappa shape index (κ2) is 6.88. The van der Waals surface area contributed by atoms with Crippen molar-refractivity contribution in [2.24, 2.45) is 0 Å². The van der Waals surface area contributed by atoms with E-state index in [2.05, 4.69) is 29.4 Å². The fraction of sp³-hybridized carbons (Fsp3) is 0.294. The second-order valence-electron chi connectivity index (χ2n) is 5.11. The average molecular weight is 284 g/mol. The monoisotopic (exact) mass is 284 g/mol. The zero-order valence-corrected chi connectivity index (χ0v) is 12.4. The molecule has 0 saturated carbocycles. The number of nitrogens with one attached hydrogen (secondary N) is 1. The van der Waals surface area contributed by atoms with Crippen LogP contribution in [0.1, 0.15) is 41.4 Å². The van der Waals surface area contributed by atoms with E-state index in [1.165, 1.54) is 18.4 Å². The van der Waals surface area contributed by atoms with E-state index in [4.69, 9.17) is 5.11 Å². The lowest BCUT2D eigenvalue weighted by molar-refractivity contribution is 0.0696. The van der Waals surface area contributed by atoms with Crippen LogP contribution in [0, 0.1) is 6.92 Å². The number of carboxylic acid groups (broad SMARTS) is 1. The van der Waals surface area contributed by atoms with Gasteiger partial charge in [-0.15, -0.1) is 0 Å². The van der Waals surface area contributed by atoms with Crippen LogP contribution in [0.25, 0.3) is 0 Å². The van der Waals surface area contributed by atoms with Gasteiger partial charge in [-0.05, 0) is 49.6 Å². The molecule has 21 heavy (non-hydrogen) atoms. The van der Waals surface area contributed by atoms with Crippen LogP contribution in [0.3, 0.4) is 0 Å². The molecule has 0 saturated heterocycles. The number of rotatable bonds is 6. The first-order valence-electron chi connectivity index (χ1n) is 7.16. The van der Waals surface area contributed by atoms with E-state index in [1.54, 1.807) is 19.1 Å². The van der Waals surface area contributed by atoms with E-state index < -0.39 is 5.97 Å². The molecule has 0 aliphatic heterocycles. The molecule has 4 nitrogen and oxygen atoms in total. The molecule has 1 aromatic carbocycles. The molecule has 110 valence electrons. The van der Waals surface area contributed by atoms with Gasteiger partial charge < -0.3 is 10.4 Å². The summed E-state index contributed by atoms with van der Waals surface area (Å²) in [5.74, 6) is -0.396. The first-order valence-corrected chi connectivity index (χ1v) is 7.16. The highest BCUT2D eigenvalue weighted by molar-refractivity contribution is 5.88. The van der Waals surface area contributed by atoms with Crippen molar-refractivity contribution in [3.05, 3.63) is 53.2 Å². The molecule has 0 aliphatic rings. The second-order valence-corrected chi connectivity index (χ2v) is 5.11. The number of aryl methyl sites for hydroxylation is 2. The summed E-state index contributed by atoms with van der Waals surface area (Å²) >= 11 is 0. The van der Waals surface area contributed by atoms with Crippen LogP contribution in [0.4, 0.5) is 11.5 Å². The Balaban J connectivity index is 2.12. The van der Waals surface area contributed by atoms with Crippen LogP contribution in [-0.2, 0) is 6.42 Å². The lowest BCUT2D eigenvalue weighted by Crippen LogP contribution is -2.02. The molecular weight excluding hydrogens is 264 g/mol. The molecule has 1 heterocycles. The van der Waals surface area contributed by atoms with Gasteiger partial charge >= 0.3 is 5.97 Å². The van der Waals surface area contributed by atoms with Crippen molar-refractivity contribution < 1.29 is 9.90 Å². The highest BCUT2D eigenvalue weighted by Gasteiger charge is 2.06. The van der Waals surface area contributed by atoms with Gasteiger partial charge in [-0.1, -0.05) is 25.5 Å². The molecular formula is C17H20N2O2. The lowest BCUT2D eigenvalue weighted by Gasteiger charge is -2.08. The first kappa shape index (κ1) is 15.0. The molecule has 2 aromatic rings. The molecule has 2 rings (SSSR count). The summed E-state index contributed by atoms with van der Waals surface area (Å²) in [7, 11) is 0. The van der Waals surface area contributed by atoms with Crippen molar-refractivity contribution in [1.82, 2.24) is 4.98 Å². The number of aromatic nitrogens is 1. The molecule has 4 heteroatoms. The molecule has 1 aromatic heterocycles. The number of pyridine rings is 1. The summed E-state index contributed by atoms with van der Waals surface area (Å²) in [6.07, 6.45) is 3.46. The van der Waals surface area contributed by atoms with E-state index in [0.717, 1.165) is 12.1 Å². The SMILES string of the molecule is CCCCc1ccc(Nc2cc(C(=O)O)cc(C)n2)cc1. The molecule has 0 amide bonds. The number of anilines is 2. The summed E-state index contributed by atoms with van der Waals surface area (Å²) in [6.45, 7) is 3.96. The van der Waals surface area contributed by atoms with Crippen LogP contribution >= 0.6 is 0 Å². The Morgan fingerprint density at radius 1 is 1.24 bits per heavy atom. The molecule has 0 unspecified atom stereocenters. The van der Waals surface area contributed by atoms with E-state index in [0.29, 0.717) is 11.5 Å². The van der Waals surface area contributed by atoms with Crippen molar-refractivity contribution >= 4 is 17.5 Å². The normalized spacial score (nSPS) is 10.4.